The minimum absolute atomic E-state index is 0.315. The van der Waals surface area contributed by atoms with Crippen LogP contribution in [0.15, 0.2) is 59.8 Å². The molecule has 0 saturated carbocycles. The molecule has 3 aromatic rings. The molecular weight excluding hydrogens is 336 g/mol. The number of amides is 2. The molecule has 0 aliphatic rings. The van der Waals surface area contributed by atoms with E-state index in [0.717, 1.165) is 16.2 Å². The van der Waals surface area contributed by atoms with Crippen molar-refractivity contribution in [2.45, 2.75) is 23.6 Å². The number of hydrogen-bond acceptors (Lipinski definition) is 4. The van der Waals surface area contributed by atoms with Gasteiger partial charge in [-0.1, -0.05) is 18.2 Å². The predicted octanol–water partition coefficient (Wildman–Crippen LogP) is 2.23. The summed E-state index contributed by atoms with van der Waals surface area (Å²) < 4.78 is 1.96. The number of nitrogens with two attached hydrogens (primary N) is 1. The molecule has 0 bridgehead atoms. The standard InChI is InChI=1S/C18H18N4O2S/c1-12(17(19)23)20-18(24)14-6-2-3-7-15(14)25-11-13-10-22-9-5-4-8-16(22)21-13/h2-10,12H,11H2,1H3,(H2,19,23)(H,20,24). The first-order chi connectivity index (χ1) is 12.0. The first kappa shape index (κ1) is 17.0. The van der Waals surface area contributed by atoms with Gasteiger partial charge in [0.1, 0.15) is 11.7 Å². The molecule has 0 spiro atoms. The van der Waals surface area contributed by atoms with E-state index < -0.39 is 11.9 Å². The maximum Gasteiger partial charge on any atom is 0.253 e. The molecule has 0 saturated heterocycles. The van der Waals surface area contributed by atoms with E-state index in [2.05, 4.69) is 10.3 Å². The predicted molar refractivity (Wildman–Crippen MR) is 97.3 cm³/mol. The summed E-state index contributed by atoms with van der Waals surface area (Å²) in [5.74, 6) is -0.246. The molecule has 0 aliphatic carbocycles. The monoisotopic (exact) mass is 354 g/mol. The Morgan fingerprint density at radius 1 is 1.24 bits per heavy atom. The third kappa shape index (κ3) is 4.00. The van der Waals surface area contributed by atoms with Crippen LogP contribution in [0, 0.1) is 0 Å². The quantitative estimate of drug-likeness (QED) is 0.664. The number of fused-ring (bicyclic) bond motifs is 1. The van der Waals surface area contributed by atoms with Crippen molar-refractivity contribution in [2.75, 3.05) is 0 Å². The van der Waals surface area contributed by atoms with E-state index in [4.69, 9.17) is 5.73 Å². The number of nitrogens with one attached hydrogen (secondary N) is 1. The molecule has 6 nitrogen and oxygen atoms in total. The van der Waals surface area contributed by atoms with Crippen LogP contribution in [-0.2, 0) is 10.5 Å². The number of carbonyl (C=O) groups is 2. The second-order valence-electron chi connectivity index (χ2n) is 5.58. The number of imidazole rings is 1. The smallest absolute Gasteiger partial charge is 0.253 e. The molecule has 2 heterocycles. The lowest BCUT2D eigenvalue weighted by Crippen LogP contribution is -2.42. The normalized spacial score (nSPS) is 12.0. The van der Waals surface area contributed by atoms with Crippen molar-refractivity contribution < 1.29 is 9.59 Å². The lowest BCUT2D eigenvalue weighted by atomic mass is 10.2. The van der Waals surface area contributed by atoms with Crippen molar-refractivity contribution in [3.8, 4) is 0 Å². The minimum Gasteiger partial charge on any atom is -0.368 e. The van der Waals surface area contributed by atoms with E-state index in [1.807, 2.05) is 47.1 Å². The van der Waals surface area contributed by atoms with Gasteiger partial charge in [-0.2, -0.15) is 0 Å². The molecule has 2 aromatic heterocycles. The van der Waals surface area contributed by atoms with Crippen molar-refractivity contribution >= 4 is 29.2 Å². The molecule has 1 unspecified atom stereocenters. The van der Waals surface area contributed by atoms with E-state index in [-0.39, 0.29) is 5.91 Å². The highest BCUT2D eigenvalue weighted by Gasteiger charge is 2.16. The first-order valence-corrected chi connectivity index (χ1v) is 8.78. The van der Waals surface area contributed by atoms with E-state index in [0.29, 0.717) is 11.3 Å². The molecule has 3 rings (SSSR count). The summed E-state index contributed by atoms with van der Waals surface area (Å²) in [7, 11) is 0. The Morgan fingerprint density at radius 3 is 2.76 bits per heavy atom. The van der Waals surface area contributed by atoms with Crippen LogP contribution < -0.4 is 11.1 Å². The van der Waals surface area contributed by atoms with Gasteiger partial charge >= 0.3 is 0 Å². The van der Waals surface area contributed by atoms with Crippen molar-refractivity contribution in [2.24, 2.45) is 5.73 Å². The molecule has 1 atom stereocenters. The van der Waals surface area contributed by atoms with Crippen LogP contribution in [0.1, 0.15) is 23.0 Å². The number of primary amides is 1. The molecule has 0 radical (unpaired) electrons. The molecule has 0 aliphatic heterocycles. The first-order valence-electron chi connectivity index (χ1n) is 7.79. The zero-order valence-electron chi connectivity index (χ0n) is 13.7. The number of hydrogen-bond donors (Lipinski definition) is 2. The van der Waals surface area contributed by atoms with Crippen molar-refractivity contribution in [3.05, 3.63) is 66.1 Å². The average molecular weight is 354 g/mol. The Balaban J connectivity index is 1.74. The van der Waals surface area contributed by atoms with Gasteiger partial charge in [0, 0.05) is 23.0 Å². The molecule has 0 fully saturated rings. The van der Waals surface area contributed by atoms with Gasteiger partial charge in [-0.05, 0) is 31.2 Å². The van der Waals surface area contributed by atoms with Crippen LogP contribution in [-0.4, -0.2) is 27.2 Å². The lowest BCUT2D eigenvalue weighted by Gasteiger charge is -2.12. The van der Waals surface area contributed by atoms with Crippen LogP contribution in [0.3, 0.4) is 0 Å². The van der Waals surface area contributed by atoms with Gasteiger partial charge in [0.25, 0.3) is 5.91 Å². The maximum absolute atomic E-state index is 12.4. The second kappa shape index (κ2) is 7.40. The Kier molecular flexibility index (Phi) is 5.04. The fourth-order valence-corrected chi connectivity index (χ4v) is 3.27. The van der Waals surface area contributed by atoms with E-state index >= 15 is 0 Å². The van der Waals surface area contributed by atoms with Gasteiger partial charge in [0.05, 0.1) is 11.3 Å². The third-order valence-corrected chi connectivity index (χ3v) is 4.80. The van der Waals surface area contributed by atoms with Crippen LogP contribution in [0.4, 0.5) is 0 Å². The summed E-state index contributed by atoms with van der Waals surface area (Å²) in [6, 6.07) is 12.4. The zero-order valence-corrected chi connectivity index (χ0v) is 14.5. The average Bonchev–Trinajstić information content (AvgIpc) is 3.03. The fourth-order valence-electron chi connectivity index (χ4n) is 2.33. The SMILES string of the molecule is CC(NC(=O)c1ccccc1SCc1cn2ccccc2n1)C(N)=O. The summed E-state index contributed by atoms with van der Waals surface area (Å²) in [5.41, 5.74) is 7.54. The Hall–Kier alpha value is -2.80. The van der Waals surface area contributed by atoms with E-state index in [1.165, 1.54) is 11.8 Å². The fraction of sp³-hybridized carbons (Fsp3) is 0.167. The Morgan fingerprint density at radius 2 is 2.00 bits per heavy atom. The summed E-state index contributed by atoms with van der Waals surface area (Å²) >= 11 is 1.53. The van der Waals surface area contributed by atoms with Crippen molar-refractivity contribution in [1.82, 2.24) is 14.7 Å². The summed E-state index contributed by atoms with van der Waals surface area (Å²) in [6.45, 7) is 1.56. The van der Waals surface area contributed by atoms with E-state index in [9.17, 15) is 9.59 Å². The minimum atomic E-state index is -0.719. The molecule has 3 N–H and O–H groups in total. The number of pyridine rings is 1. The van der Waals surface area contributed by atoms with Gasteiger partial charge in [-0.15, -0.1) is 11.8 Å². The van der Waals surface area contributed by atoms with Crippen molar-refractivity contribution in [3.63, 3.8) is 0 Å². The summed E-state index contributed by atoms with van der Waals surface area (Å²) in [5, 5.41) is 2.61. The second-order valence-corrected chi connectivity index (χ2v) is 6.60. The topological polar surface area (TPSA) is 89.5 Å². The third-order valence-electron chi connectivity index (χ3n) is 3.70. The zero-order chi connectivity index (χ0) is 17.8. The highest BCUT2D eigenvalue weighted by atomic mass is 32.2. The number of thioether (sulfide) groups is 1. The van der Waals surface area contributed by atoms with Gasteiger partial charge in [-0.3, -0.25) is 9.59 Å². The van der Waals surface area contributed by atoms with Crippen LogP contribution in [0.2, 0.25) is 0 Å². The molecule has 25 heavy (non-hydrogen) atoms. The highest BCUT2D eigenvalue weighted by Crippen LogP contribution is 2.26. The molecule has 7 heteroatoms. The highest BCUT2D eigenvalue weighted by molar-refractivity contribution is 7.98. The molecule has 1 aromatic carbocycles. The van der Waals surface area contributed by atoms with Crippen LogP contribution in [0.5, 0.6) is 0 Å². The number of nitrogens with zero attached hydrogens (tertiary/aromatic N) is 2. The number of rotatable bonds is 6. The molecule has 128 valence electrons. The maximum atomic E-state index is 12.4. The largest absolute Gasteiger partial charge is 0.368 e. The Labute approximate surface area is 149 Å². The Bertz CT molecular complexity index is 889. The van der Waals surface area contributed by atoms with Crippen LogP contribution >= 0.6 is 11.8 Å². The van der Waals surface area contributed by atoms with Crippen molar-refractivity contribution in [1.29, 1.82) is 0 Å². The van der Waals surface area contributed by atoms with Crippen LogP contribution in [0.25, 0.3) is 5.65 Å². The lowest BCUT2D eigenvalue weighted by molar-refractivity contribution is -0.119. The summed E-state index contributed by atoms with van der Waals surface area (Å²) in [6.07, 6.45) is 3.92. The molecular formula is C18H18N4O2S. The van der Waals surface area contributed by atoms with Gasteiger partial charge in [0.2, 0.25) is 5.91 Å². The van der Waals surface area contributed by atoms with E-state index in [1.54, 1.807) is 19.1 Å². The number of aromatic nitrogens is 2. The van der Waals surface area contributed by atoms with Gasteiger partial charge < -0.3 is 15.5 Å². The molecule has 2 amide bonds. The summed E-state index contributed by atoms with van der Waals surface area (Å²) in [4.78, 5) is 28.9. The number of carbonyl (C=O) groups excluding carboxylic acids is 2. The van der Waals surface area contributed by atoms with Gasteiger partial charge in [-0.25, -0.2) is 4.98 Å². The number of benzene rings is 1. The van der Waals surface area contributed by atoms with Gasteiger partial charge in [0.15, 0.2) is 0 Å².